The molecule has 1 aliphatic heterocycles. The fraction of sp³-hybridized carbons (Fsp3) is 0.207. The van der Waals surface area contributed by atoms with Gasteiger partial charge in [-0.05, 0) is 73.5 Å². The first-order chi connectivity index (χ1) is 18.3. The van der Waals surface area contributed by atoms with Gasteiger partial charge in [0.2, 0.25) is 0 Å². The molecule has 186 valence electrons. The molecule has 8 nitrogen and oxygen atoms in total. The van der Waals surface area contributed by atoms with E-state index in [1.165, 1.54) is 0 Å². The van der Waals surface area contributed by atoms with Crippen molar-refractivity contribution in [1.29, 1.82) is 0 Å². The topological polar surface area (TPSA) is 83.3 Å². The van der Waals surface area contributed by atoms with E-state index in [9.17, 15) is 0 Å². The molecule has 1 N–H and O–H groups in total. The van der Waals surface area contributed by atoms with Gasteiger partial charge in [-0.1, -0.05) is 18.2 Å². The molecule has 2 aromatic heterocycles. The molecular weight excluding hydrogens is 466 g/mol. The van der Waals surface area contributed by atoms with E-state index in [0.717, 1.165) is 71.3 Å². The molecule has 1 saturated heterocycles. The van der Waals surface area contributed by atoms with Crippen LogP contribution in [0.1, 0.15) is 18.9 Å². The Morgan fingerprint density at radius 1 is 0.838 bits per heavy atom. The third-order valence-corrected chi connectivity index (χ3v) is 6.48. The van der Waals surface area contributed by atoms with Crippen LogP contribution in [0.2, 0.25) is 0 Å². The molecule has 5 aromatic rings. The number of hydrogen-bond donors (Lipinski definition) is 1. The van der Waals surface area contributed by atoms with Crippen LogP contribution in [0, 0.1) is 0 Å². The highest BCUT2D eigenvalue weighted by molar-refractivity contribution is 6.00. The Hall–Kier alpha value is -4.43. The standard InChI is InChI=1S/C29H27N5O3/c1-35-23-13-9-21(10-14-23)32-28-26-27(20-7-11-25(12-8-20)37-24-5-3-2-4-6-24)33-34(29(26)31-19-30-28)22-15-17-36-18-16-22/h2-14,19,22H,15-18H2,1H3,(H,30,31,32). The molecular formula is C29H27N5O3. The summed E-state index contributed by atoms with van der Waals surface area (Å²) < 4.78 is 18.9. The number of benzene rings is 3. The van der Waals surface area contributed by atoms with Gasteiger partial charge in [0.1, 0.15) is 35.1 Å². The molecule has 0 bridgehead atoms. The van der Waals surface area contributed by atoms with Gasteiger partial charge in [-0.2, -0.15) is 5.10 Å². The first-order valence-electron chi connectivity index (χ1n) is 12.3. The maximum Gasteiger partial charge on any atom is 0.164 e. The lowest BCUT2D eigenvalue weighted by Gasteiger charge is -2.22. The average molecular weight is 494 g/mol. The molecule has 1 aliphatic rings. The van der Waals surface area contributed by atoms with Gasteiger partial charge >= 0.3 is 0 Å². The monoisotopic (exact) mass is 493 g/mol. The molecule has 0 atom stereocenters. The number of hydrogen-bond acceptors (Lipinski definition) is 7. The van der Waals surface area contributed by atoms with Crippen molar-refractivity contribution in [2.75, 3.05) is 25.6 Å². The van der Waals surface area contributed by atoms with Gasteiger partial charge in [-0.25, -0.2) is 14.6 Å². The Kier molecular flexibility index (Phi) is 6.39. The van der Waals surface area contributed by atoms with E-state index in [2.05, 4.69) is 15.3 Å². The molecule has 0 radical (unpaired) electrons. The second kappa shape index (κ2) is 10.3. The second-order valence-corrected chi connectivity index (χ2v) is 8.85. The summed E-state index contributed by atoms with van der Waals surface area (Å²) in [4.78, 5) is 9.28. The third kappa shape index (κ3) is 4.83. The number of aromatic nitrogens is 4. The van der Waals surface area contributed by atoms with Gasteiger partial charge in [0.05, 0.1) is 18.5 Å². The van der Waals surface area contributed by atoms with Crippen LogP contribution in [0.15, 0.2) is 85.2 Å². The highest BCUT2D eigenvalue weighted by Gasteiger charge is 2.24. The number of nitrogens with zero attached hydrogens (tertiary/aromatic N) is 4. The van der Waals surface area contributed by atoms with Gasteiger partial charge in [-0.15, -0.1) is 0 Å². The molecule has 3 heterocycles. The van der Waals surface area contributed by atoms with Crippen LogP contribution in [0.5, 0.6) is 17.2 Å². The number of anilines is 2. The number of rotatable bonds is 7. The highest BCUT2D eigenvalue weighted by atomic mass is 16.5. The zero-order valence-electron chi connectivity index (χ0n) is 20.5. The van der Waals surface area contributed by atoms with Gasteiger partial charge in [0, 0.05) is 24.5 Å². The lowest BCUT2D eigenvalue weighted by atomic mass is 10.1. The molecule has 8 heteroatoms. The Morgan fingerprint density at radius 3 is 2.27 bits per heavy atom. The van der Waals surface area contributed by atoms with Crippen LogP contribution < -0.4 is 14.8 Å². The normalized spacial score (nSPS) is 14.0. The quantitative estimate of drug-likeness (QED) is 0.281. The van der Waals surface area contributed by atoms with Crippen molar-refractivity contribution in [3.63, 3.8) is 0 Å². The molecule has 0 spiro atoms. The van der Waals surface area contributed by atoms with Crippen LogP contribution in [0.4, 0.5) is 11.5 Å². The Bertz CT molecular complexity index is 1480. The molecule has 3 aromatic carbocycles. The fourth-order valence-corrected chi connectivity index (χ4v) is 4.57. The highest BCUT2D eigenvalue weighted by Crippen LogP contribution is 2.36. The number of fused-ring (bicyclic) bond motifs is 1. The number of methoxy groups -OCH3 is 1. The Morgan fingerprint density at radius 2 is 1.54 bits per heavy atom. The molecule has 0 saturated carbocycles. The molecule has 0 unspecified atom stereocenters. The van der Waals surface area contributed by atoms with Crippen LogP contribution in [0.3, 0.4) is 0 Å². The van der Waals surface area contributed by atoms with E-state index >= 15 is 0 Å². The summed E-state index contributed by atoms with van der Waals surface area (Å²) in [5.74, 6) is 3.05. The summed E-state index contributed by atoms with van der Waals surface area (Å²) in [7, 11) is 1.66. The van der Waals surface area contributed by atoms with E-state index in [-0.39, 0.29) is 6.04 Å². The van der Waals surface area contributed by atoms with Crippen molar-refractivity contribution in [3.8, 4) is 28.5 Å². The largest absolute Gasteiger partial charge is 0.497 e. The van der Waals surface area contributed by atoms with Crippen LogP contribution >= 0.6 is 0 Å². The second-order valence-electron chi connectivity index (χ2n) is 8.85. The first-order valence-corrected chi connectivity index (χ1v) is 12.3. The van der Waals surface area contributed by atoms with E-state index in [1.54, 1.807) is 13.4 Å². The van der Waals surface area contributed by atoms with Crippen LogP contribution in [0.25, 0.3) is 22.3 Å². The first kappa shape index (κ1) is 23.0. The SMILES string of the molecule is COc1ccc(Nc2ncnc3c2c(-c2ccc(Oc4ccccc4)cc2)nn3C2CCOCC2)cc1. The smallest absolute Gasteiger partial charge is 0.164 e. The molecule has 37 heavy (non-hydrogen) atoms. The lowest BCUT2D eigenvalue weighted by molar-refractivity contribution is 0.0674. The molecule has 6 rings (SSSR count). The lowest BCUT2D eigenvalue weighted by Crippen LogP contribution is -2.20. The zero-order chi connectivity index (χ0) is 25.0. The zero-order valence-corrected chi connectivity index (χ0v) is 20.5. The van der Waals surface area contributed by atoms with Crippen molar-refractivity contribution in [3.05, 3.63) is 85.2 Å². The maximum atomic E-state index is 5.99. The van der Waals surface area contributed by atoms with E-state index < -0.39 is 0 Å². The summed E-state index contributed by atoms with van der Waals surface area (Å²) in [6.45, 7) is 1.43. The third-order valence-electron chi connectivity index (χ3n) is 6.48. The predicted molar refractivity (Wildman–Crippen MR) is 143 cm³/mol. The van der Waals surface area contributed by atoms with Crippen molar-refractivity contribution >= 4 is 22.5 Å². The van der Waals surface area contributed by atoms with Crippen molar-refractivity contribution in [1.82, 2.24) is 19.7 Å². The number of nitrogens with one attached hydrogen (secondary N) is 1. The van der Waals surface area contributed by atoms with Crippen LogP contribution in [-0.4, -0.2) is 40.1 Å². The van der Waals surface area contributed by atoms with Crippen molar-refractivity contribution < 1.29 is 14.2 Å². The van der Waals surface area contributed by atoms with Crippen molar-refractivity contribution in [2.24, 2.45) is 0 Å². The predicted octanol–water partition coefficient (Wildman–Crippen LogP) is 6.39. The van der Waals surface area contributed by atoms with E-state index in [4.69, 9.17) is 19.3 Å². The summed E-state index contributed by atoms with van der Waals surface area (Å²) >= 11 is 0. The minimum absolute atomic E-state index is 0.217. The minimum atomic E-state index is 0.217. The Balaban J connectivity index is 1.41. The average Bonchev–Trinajstić information content (AvgIpc) is 3.36. The summed E-state index contributed by atoms with van der Waals surface area (Å²) in [5.41, 5.74) is 3.49. The molecule has 0 aliphatic carbocycles. The van der Waals surface area contributed by atoms with Gasteiger partial charge in [0.15, 0.2) is 5.65 Å². The number of para-hydroxylation sites is 1. The number of ether oxygens (including phenoxy) is 3. The van der Waals surface area contributed by atoms with Crippen LogP contribution in [-0.2, 0) is 4.74 Å². The maximum absolute atomic E-state index is 5.99. The summed E-state index contributed by atoms with van der Waals surface area (Å²) in [6, 6.07) is 25.7. The Labute approximate surface area is 214 Å². The molecule has 0 amide bonds. The fourth-order valence-electron chi connectivity index (χ4n) is 4.57. The van der Waals surface area contributed by atoms with Gasteiger partial charge < -0.3 is 19.5 Å². The minimum Gasteiger partial charge on any atom is -0.497 e. The van der Waals surface area contributed by atoms with Gasteiger partial charge in [0.25, 0.3) is 0 Å². The van der Waals surface area contributed by atoms with E-state index in [1.807, 2.05) is 83.5 Å². The van der Waals surface area contributed by atoms with E-state index in [0.29, 0.717) is 5.82 Å². The van der Waals surface area contributed by atoms with Crippen molar-refractivity contribution in [2.45, 2.75) is 18.9 Å². The van der Waals surface area contributed by atoms with Gasteiger partial charge in [-0.3, -0.25) is 0 Å². The molecule has 1 fully saturated rings. The summed E-state index contributed by atoms with van der Waals surface area (Å²) in [6.07, 6.45) is 3.38. The summed E-state index contributed by atoms with van der Waals surface area (Å²) in [5, 5.41) is 9.42.